The highest BCUT2D eigenvalue weighted by atomic mass is 32.2. The third-order valence-corrected chi connectivity index (χ3v) is 6.71. The van der Waals surface area contributed by atoms with E-state index in [0.29, 0.717) is 12.5 Å². The van der Waals surface area contributed by atoms with Gasteiger partial charge in [-0.25, -0.2) is 8.42 Å². The number of nitrogens with one attached hydrogen (secondary N) is 1. The van der Waals surface area contributed by atoms with Crippen molar-refractivity contribution < 1.29 is 18.1 Å². The van der Waals surface area contributed by atoms with Gasteiger partial charge in [0.05, 0.1) is 21.1 Å². The number of nitro benzene ring substituents is 1. The number of nitrogens with zero attached hydrogens (tertiary/aromatic N) is 2. The molecule has 0 radical (unpaired) electrons. The third kappa shape index (κ3) is 5.15. The number of carbonyl (C=O) groups is 1. The van der Waals surface area contributed by atoms with E-state index in [9.17, 15) is 23.3 Å². The number of sulfonamides is 1. The van der Waals surface area contributed by atoms with E-state index in [1.807, 2.05) is 0 Å². The van der Waals surface area contributed by atoms with E-state index < -0.39 is 14.9 Å². The van der Waals surface area contributed by atoms with Gasteiger partial charge in [-0.3, -0.25) is 19.6 Å². The molecule has 9 heteroatoms. The molecular formula is C21H25N3O5S. The van der Waals surface area contributed by atoms with Crippen molar-refractivity contribution in [1.82, 2.24) is 4.90 Å². The van der Waals surface area contributed by atoms with E-state index in [2.05, 4.69) is 4.72 Å². The Balaban J connectivity index is 1.81. The lowest BCUT2D eigenvalue weighted by Gasteiger charge is -2.27. The lowest BCUT2D eigenvalue weighted by atomic mass is 9.89. The van der Waals surface area contributed by atoms with Crippen molar-refractivity contribution in [2.45, 2.75) is 37.0 Å². The van der Waals surface area contributed by atoms with Crippen molar-refractivity contribution >= 4 is 27.3 Å². The SMILES string of the molecule is CN(CC1CCCCC1)C(=O)c1ccccc1NS(=O)(=O)c1cccc([N+](=O)[O-])c1. The number of non-ortho nitro benzene ring substituents is 1. The molecule has 2 aromatic carbocycles. The van der Waals surface area contributed by atoms with Crippen LogP contribution in [0.2, 0.25) is 0 Å². The molecule has 2 aromatic rings. The summed E-state index contributed by atoms with van der Waals surface area (Å²) in [6, 6.07) is 11.2. The molecule has 0 atom stereocenters. The first-order valence-electron chi connectivity index (χ1n) is 9.89. The molecule has 30 heavy (non-hydrogen) atoms. The van der Waals surface area contributed by atoms with Crippen LogP contribution in [-0.4, -0.2) is 37.7 Å². The molecule has 3 rings (SSSR count). The minimum absolute atomic E-state index is 0.143. The van der Waals surface area contributed by atoms with Gasteiger partial charge in [-0.05, 0) is 37.0 Å². The topological polar surface area (TPSA) is 110 Å². The molecule has 0 heterocycles. The Morgan fingerprint density at radius 3 is 2.53 bits per heavy atom. The van der Waals surface area contributed by atoms with E-state index in [1.165, 1.54) is 43.5 Å². The van der Waals surface area contributed by atoms with Crippen LogP contribution in [0.1, 0.15) is 42.5 Å². The van der Waals surface area contributed by atoms with Gasteiger partial charge in [-0.2, -0.15) is 0 Å². The molecule has 0 saturated heterocycles. The van der Waals surface area contributed by atoms with E-state index in [0.717, 1.165) is 18.9 Å². The highest BCUT2D eigenvalue weighted by Gasteiger charge is 2.24. The Kier molecular flexibility index (Phi) is 6.71. The third-order valence-electron chi connectivity index (χ3n) is 5.34. The fourth-order valence-corrected chi connectivity index (χ4v) is 4.89. The van der Waals surface area contributed by atoms with Crippen LogP contribution in [0.25, 0.3) is 0 Å². The van der Waals surface area contributed by atoms with Gasteiger partial charge in [0.25, 0.3) is 21.6 Å². The maximum absolute atomic E-state index is 13.0. The molecule has 0 aliphatic heterocycles. The van der Waals surface area contributed by atoms with E-state index >= 15 is 0 Å². The maximum atomic E-state index is 13.0. The Morgan fingerprint density at radius 2 is 1.83 bits per heavy atom. The first-order valence-corrected chi connectivity index (χ1v) is 11.4. The molecule has 160 valence electrons. The van der Waals surface area contributed by atoms with Gasteiger partial charge in [0, 0.05) is 25.7 Å². The van der Waals surface area contributed by atoms with Gasteiger partial charge in [-0.15, -0.1) is 0 Å². The fourth-order valence-electron chi connectivity index (χ4n) is 3.77. The number of carbonyl (C=O) groups excluding carboxylic acids is 1. The number of rotatable bonds is 7. The molecule has 1 saturated carbocycles. The van der Waals surface area contributed by atoms with E-state index in [4.69, 9.17) is 0 Å². The largest absolute Gasteiger partial charge is 0.341 e. The normalized spacial score (nSPS) is 14.8. The minimum Gasteiger partial charge on any atom is -0.341 e. The van der Waals surface area contributed by atoms with Crippen LogP contribution < -0.4 is 4.72 Å². The summed E-state index contributed by atoms with van der Waals surface area (Å²) < 4.78 is 28.0. The highest BCUT2D eigenvalue weighted by molar-refractivity contribution is 7.92. The predicted molar refractivity (Wildman–Crippen MR) is 114 cm³/mol. The number of nitro groups is 1. The van der Waals surface area contributed by atoms with Crippen LogP contribution in [0.15, 0.2) is 53.4 Å². The summed E-state index contributed by atoms with van der Waals surface area (Å²) >= 11 is 0. The van der Waals surface area contributed by atoms with Crippen LogP contribution >= 0.6 is 0 Å². The van der Waals surface area contributed by atoms with Crippen molar-refractivity contribution in [3.05, 3.63) is 64.2 Å². The zero-order chi connectivity index (χ0) is 21.7. The predicted octanol–water partition coefficient (Wildman–Crippen LogP) is 4.05. The number of anilines is 1. The number of amides is 1. The van der Waals surface area contributed by atoms with Crippen molar-refractivity contribution in [3.8, 4) is 0 Å². The van der Waals surface area contributed by atoms with Gasteiger partial charge < -0.3 is 4.90 Å². The molecule has 0 spiro atoms. The van der Waals surface area contributed by atoms with E-state index in [1.54, 1.807) is 30.1 Å². The smallest absolute Gasteiger partial charge is 0.270 e. The summed E-state index contributed by atoms with van der Waals surface area (Å²) in [6.07, 6.45) is 5.77. The zero-order valence-corrected chi connectivity index (χ0v) is 17.6. The monoisotopic (exact) mass is 431 g/mol. The highest BCUT2D eigenvalue weighted by Crippen LogP contribution is 2.26. The Bertz CT molecular complexity index is 1030. The Morgan fingerprint density at radius 1 is 1.13 bits per heavy atom. The number of hydrogen-bond donors (Lipinski definition) is 1. The number of para-hydroxylation sites is 1. The average molecular weight is 432 g/mol. The van der Waals surface area contributed by atoms with Crippen molar-refractivity contribution in [2.24, 2.45) is 5.92 Å². The van der Waals surface area contributed by atoms with Crippen molar-refractivity contribution in [1.29, 1.82) is 0 Å². The van der Waals surface area contributed by atoms with Gasteiger partial charge >= 0.3 is 0 Å². The first kappa shape index (κ1) is 21.8. The molecule has 0 bridgehead atoms. The fraction of sp³-hybridized carbons (Fsp3) is 0.381. The van der Waals surface area contributed by atoms with E-state index in [-0.39, 0.29) is 27.7 Å². The molecule has 1 aliphatic carbocycles. The summed E-state index contributed by atoms with van der Waals surface area (Å²) in [5, 5.41) is 11.0. The summed E-state index contributed by atoms with van der Waals surface area (Å²) in [4.78, 5) is 24.7. The Hall–Kier alpha value is -2.94. The van der Waals surface area contributed by atoms with Gasteiger partial charge in [0.2, 0.25) is 0 Å². The lowest BCUT2D eigenvalue weighted by Crippen LogP contribution is -2.33. The molecule has 1 fully saturated rings. The maximum Gasteiger partial charge on any atom is 0.270 e. The molecule has 1 N–H and O–H groups in total. The second kappa shape index (κ2) is 9.25. The average Bonchev–Trinajstić information content (AvgIpc) is 2.74. The molecule has 0 unspecified atom stereocenters. The second-order valence-corrected chi connectivity index (χ2v) is 9.28. The summed E-state index contributed by atoms with van der Waals surface area (Å²) in [6.45, 7) is 0.630. The summed E-state index contributed by atoms with van der Waals surface area (Å²) in [7, 11) is -2.38. The second-order valence-electron chi connectivity index (χ2n) is 7.60. The standard InChI is InChI=1S/C21H25N3O5S/c1-23(15-16-8-3-2-4-9-16)21(25)19-12-5-6-13-20(19)22-30(28,29)18-11-7-10-17(14-18)24(26)27/h5-7,10-14,16,22H,2-4,8-9,15H2,1H3. The molecule has 1 aliphatic rings. The summed E-state index contributed by atoms with van der Waals surface area (Å²) in [5.41, 5.74) is 0.0590. The van der Waals surface area contributed by atoms with Crippen molar-refractivity contribution in [2.75, 3.05) is 18.3 Å². The van der Waals surface area contributed by atoms with Crippen molar-refractivity contribution in [3.63, 3.8) is 0 Å². The van der Waals surface area contributed by atoms with Gasteiger partial charge in [0.1, 0.15) is 0 Å². The van der Waals surface area contributed by atoms with Crippen LogP contribution in [0, 0.1) is 16.0 Å². The first-order chi connectivity index (χ1) is 14.3. The van der Waals surface area contributed by atoms with Gasteiger partial charge in [-0.1, -0.05) is 37.5 Å². The van der Waals surface area contributed by atoms with Gasteiger partial charge in [0.15, 0.2) is 0 Å². The zero-order valence-electron chi connectivity index (χ0n) is 16.8. The quantitative estimate of drug-likeness (QED) is 0.525. The van der Waals surface area contributed by atoms with Crippen LogP contribution in [-0.2, 0) is 10.0 Å². The minimum atomic E-state index is -4.10. The van der Waals surface area contributed by atoms with Crippen LogP contribution in [0.4, 0.5) is 11.4 Å². The molecular weight excluding hydrogens is 406 g/mol. The number of hydrogen-bond acceptors (Lipinski definition) is 5. The lowest BCUT2D eigenvalue weighted by molar-refractivity contribution is -0.385. The summed E-state index contributed by atoms with van der Waals surface area (Å²) in [5.74, 6) is 0.194. The van der Waals surface area contributed by atoms with Crippen LogP contribution in [0.3, 0.4) is 0 Å². The molecule has 1 amide bonds. The Labute approximate surface area is 176 Å². The number of benzene rings is 2. The molecule has 8 nitrogen and oxygen atoms in total. The van der Waals surface area contributed by atoms with Crippen LogP contribution in [0.5, 0.6) is 0 Å². The molecule has 0 aromatic heterocycles.